The Morgan fingerprint density at radius 2 is 0.610 bits per heavy atom. The third-order valence-electron chi connectivity index (χ3n) is 16.5. The number of amides is 1. The number of esters is 1. The topological polar surface area (TPSA) is 95.9 Å². The number of carbonyl (C=O) groups excluding carboxylic acids is 2. The number of allylic oxidation sites excluding steroid dienone is 3. The Hall–Kier alpha value is -1.66. The lowest BCUT2D eigenvalue weighted by atomic mass is 10.0. The summed E-state index contributed by atoms with van der Waals surface area (Å²) in [5.41, 5.74) is 0. The van der Waals surface area contributed by atoms with Crippen LogP contribution in [0.15, 0.2) is 24.3 Å². The van der Waals surface area contributed by atoms with Gasteiger partial charge in [0.1, 0.15) is 0 Å². The fourth-order valence-corrected chi connectivity index (χ4v) is 11.1. The molecule has 77 heavy (non-hydrogen) atoms. The van der Waals surface area contributed by atoms with Gasteiger partial charge in [-0.3, -0.25) is 9.59 Å². The maximum Gasteiger partial charge on any atom is 0.305 e. The largest absolute Gasteiger partial charge is 0.466 e. The molecule has 1 amide bonds. The molecule has 0 saturated carbocycles. The van der Waals surface area contributed by atoms with E-state index in [9.17, 15) is 19.8 Å². The highest BCUT2D eigenvalue weighted by atomic mass is 16.5. The summed E-state index contributed by atoms with van der Waals surface area (Å²) in [5.74, 6) is -0.0569. The second-order valence-electron chi connectivity index (χ2n) is 24.2. The fraction of sp³-hybridized carbons (Fsp3) is 0.915. The molecule has 6 heteroatoms. The SMILES string of the molecule is CCCCCCCCCCCCCCCCCCCCC/C=C/C(O)C(CO)NC(=O)CCCCCCCCC/C=C\CCCCCCCCCCCCCOC(=O)CCCCCCCCCCCCCCCCCCC. The van der Waals surface area contributed by atoms with Crippen molar-refractivity contribution in [3.8, 4) is 0 Å². The molecule has 0 aromatic rings. The summed E-state index contributed by atoms with van der Waals surface area (Å²) in [4.78, 5) is 24.6. The minimum atomic E-state index is -0.850. The van der Waals surface area contributed by atoms with Gasteiger partial charge < -0.3 is 20.3 Å². The van der Waals surface area contributed by atoms with E-state index in [4.69, 9.17) is 4.74 Å². The molecule has 3 N–H and O–H groups in total. The Morgan fingerprint density at radius 1 is 0.351 bits per heavy atom. The lowest BCUT2D eigenvalue weighted by Crippen LogP contribution is -2.45. The molecular weight excluding hydrogens is 947 g/mol. The van der Waals surface area contributed by atoms with Gasteiger partial charge in [-0.15, -0.1) is 0 Å². The molecule has 0 aliphatic carbocycles. The molecule has 6 nitrogen and oxygen atoms in total. The van der Waals surface area contributed by atoms with Crippen LogP contribution in [0.3, 0.4) is 0 Å². The minimum Gasteiger partial charge on any atom is -0.466 e. The first-order chi connectivity index (χ1) is 38.0. The maximum absolute atomic E-state index is 12.5. The van der Waals surface area contributed by atoms with Gasteiger partial charge in [0.15, 0.2) is 0 Å². The zero-order valence-corrected chi connectivity index (χ0v) is 52.2. The summed E-state index contributed by atoms with van der Waals surface area (Å²) in [5, 5.41) is 23.2. The van der Waals surface area contributed by atoms with E-state index >= 15 is 0 Å². The predicted octanol–water partition coefficient (Wildman–Crippen LogP) is 22.5. The zero-order valence-electron chi connectivity index (χ0n) is 52.2. The van der Waals surface area contributed by atoms with E-state index < -0.39 is 12.1 Å². The first kappa shape index (κ1) is 75.3. The van der Waals surface area contributed by atoms with Crippen molar-refractivity contribution in [1.29, 1.82) is 0 Å². The molecule has 0 fully saturated rings. The zero-order chi connectivity index (χ0) is 55.7. The van der Waals surface area contributed by atoms with Crippen molar-refractivity contribution in [2.75, 3.05) is 13.2 Å². The van der Waals surface area contributed by atoms with Crippen LogP contribution in [-0.2, 0) is 14.3 Å². The Kier molecular flexibility index (Phi) is 65.4. The van der Waals surface area contributed by atoms with Crippen molar-refractivity contribution in [2.24, 2.45) is 0 Å². The number of nitrogens with one attached hydrogen (secondary N) is 1. The Morgan fingerprint density at radius 3 is 0.922 bits per heavy atom. The molecule has 2 atom stereocenters. The van der Waals surface area contributed by atoms with Crippen LogP contribution in [0.5, 0.6) is 0 Å². The van der Waals surface area contributed by atoms with Crippen LogP contribution >= 0.6 is 0 Å². The van der Waals surface area contributed by atoms with Gasteiger partial charge in [-0.25, -0.2) is 0 Å². The monoisotopic (exact) mass is 1080 g/mol. The second kappa shape index (κ2) is 66.8. The van der Waals surface area contributed by atoms with E-state index in [0.717, 1.165) is 44.9 Å². The molecule has 0 spiro atoms. The highest BCUT2D eigenvalue weighted by Gasteiger charge is 2.18. The second-order valence-corrected chi connectivity index (χ2v) is 24.2. The molecule has 0 bridgehead atoms. The van der Waals surface area contributed by atoms with Crippen molar-refractivity contribution in [3.05, 3.63) is 24.3 Å². The van der Waals surface area contributed by atoms with Crippen LogP contribution in [0, 0.1) is 0 Å². The van der Waals surface area contributed by atoms with Crippen molar-refractivity contribution in [1.82, 2.24) is 5.32 Å². The molecule has 0 aromatic heterocycles. The number of carbonyl (C=O) groups is 2. The van der Waals surface area contributed by atoms with Crippen LogP contribution in [0.1, 0.15) is 393 Å². The molecule has 0 heterocycles. The standard InChI is InChI=1S/C71H137NO5/c1-3-5-7-9-11-13-15-17-19-21-22-25-28-32-35-39-43-47-51-55-59-63-69(74)68(67-73)72-70(75)64-60-56-52-48-44-40-36-33-29-26-23-24-27-30-34-38-42-46-50-54-58-62-66-77-71(76)65-61-57-53-49-45-41-37-31-20-18-16-14-12-10-8-6-4-2/h26,29,59,63,68-69,73-74H,3-25,27-28,30-58,60-62,64-67H2,1-2H3,(H,72,75)/b29-26-,63-59+. The summed E-state index contributed by atoms with van der Waals surface area (Å²) in [6, 6.07) is -0.634. The van der Waals surface area contributed by atoms with E-state index in [-0.39, 0.29) is 18.5 Å². The number of aliphatic hydroxyl groups is 2. The average Bonchev–Trinajstić information content (AvgIpc) is 3.43. The molecule has 0 aliphatic rings. The van der Waals surface area contributed by atoms with Crippen molar-refractivity contribution in [2.45, 2.75) is 405 Å². The van der Waals surface area contributed by atoms with Gasteiger partial charge in [-0.1, -0.05) is 346 Å². The lowest BCUT2D eigenvalue weighted by Gasteiger charge is -2.20. The first-order valence-corrected chi connectivity index (χ1v) is 35.1. The predicted molar refractivity (Wildman–Crippen MR) is 338 cm³/mol. The highest BCUT2D eigenvalue weighted by Crippen LogP contribution is 2.19. The van der Waals surface area contributed by atoms with Gasteiger partial charge in [0.25, 0.3) is 0 Å². The number of unbranched alkanes of at least 4 members (excludes halogenated alkanes) is 53. The minimum absolute atomic E-state index is 0.0142. The Balaban J connectivity index is 3.42. The van der Waals surface area contributed by atoms with Gasteiger partial charge >= 0.3 is 5.97 Å². The van der Waals surface area contributed by atoms with Crippen molar-refractivity contribution < 1.29 is 24.5 Å². The van der Waals surface area contributed by atoms with Crippen LogP contribution in [-0.4, -0.2) is 47.4 Å². The molecule has 0 radical (unpaired) electrons. The molecule has 0 aromatic carbocycles. The molecule has 0 aliphatic heterocycles. The van der Waals surface area contributed by atoms with Crippen LogP contribution in [0.25, 0.3) is 0 Å². The molecule has 0 saturated heterocycles. The first-order valence-electron chi connectivity index (χ1n) is 35.1. The van der Waals surface area contributed by atoms with E-state index in [0.29, 0.717) is 19.4 Å². The summed E-state index contributed by atoms with van der Waals surface area (Å²) in [6.45, 7) is 4.94. The molecule has 456 valence electrons. The van der Waals surface area contributed by atoms with E-state index in [2.05, 4.69) is 31.3 Å². The Bertz CT molecular complexity index is 1200. The summed E-state index contributed by atoms with van der Waals surface area (Å²) >= 11 is 0. The van der Waals surface area contributed by atoms with Gasteiger partial charge in [0.2, 0.25) is 5.91 Å². The number of hydrogen-bond acceptors (Lipinski definition) is 5. The Labute approximate surface area is 481 Å². The van der Waals surface area contributed by atoms with E-state index in [1.54, 1.807) is 6.08 Å². The maximum atomic E-state index is 12.5. The normalized spacial score (nSPS) is 12.6. The quantitative estimate of drug-likeness (QED) is 0.0320. The number of hydrogen-bond donors (Lipinski definition) is 3. The highest BCUT2D eigenvalue weighted by molar-refractivity contribution is 5.76. The van der Waals surface area contributed by atoms with Crippen molar-refractivity contribution in [3.63, 3.8) is 0 Å². The third kappa shape index (κ3) is 63.4. The molecule has 0 rings (SSSR count). The smallest absolute Gasteiger partial charge is 0.305 e. The lowest BCUT2D eigenvalue weighted by molar-refractivity contribution is -0.143. The van der Waals surface area contributed by atoms with Gasteiger partial charge in [-0.05, 0) is 57.8 Å². The van der Waals surface area contributed by atoms with Gasteiger partial charge in [0.05, 0.1) is 25.4 Å². The van der Waals surface area contributed by atoms with Gasteiger partial charge in [0, 0.05) is 12.8 Å². The summed E-state index contributed by atoms with van der Waals surface area (Å²) in [6.07, 6.45) is 83.9. The van der Waals surface area contributed by atoms with Crippen LogP contribution in [0.4, 0.5) is 0 Å². The number of aliphatic hydroxyl groups excluding tert-OH is 2. The average molecular weight is 1080 g/mol. The summed E-state index contributed by atoms with van der Waals surface area (Å²) < 4.78 is 5.50. The third-order valence-corrected chi connectivity index (χ3v) is 16.5. The van der Waals surface area contributed by atoms with E-state index in [1.165, 1.54) is 321 Å². The summed E-state index contributed by atoms with van der Waals surface area (Å²) in [7, 11) is 0. The van der Waals surface area contributed by atoms with Gasteiger partial charge in [-0.2, -0.15) is 0 Å². The molecule has 2 unspecified atom stereocenters. The van der Waals surface area contributed by atoms with E-state index in [1.807, 2.05) is 6.08 Å². The van der Waals surface area contributed by atoms with Crippen LogP contribution in [0.2, 0.25) is 0 Å². The van der Waals surface area contributed by atoms with Crippen molar-refractivity contribution >= 4 is 11.9 Å². The number of rotatable bonds is 66. The fourth-order valence-electron chi connectivity index (χ4n) is 11.1. The van der Waals surface area contributed by atoms with Crippen LogP contribution < -0.4 is 5.32 Å². The number of ether oxygens (including phenoxy) is 1. The molecular formula is C71H137NO5.